The lowest BCUT2D eigenvalue weighted by Crippen LogP contribution is -2.35. The molecule has 4 N–H and O–H groups in total. The fourth-order valence-electron chi connectivity index (χ4n) is 1.18. The molecule has 0 saturated heterocycles. The molecule has 0 aliphatic heterocycles. The number of nitrogens with two attached hydrogens (primary N) is 1. The second kappa shape index (κ2) is 6.28. The standard InChI is InChI=1S/C11H11BrFN3O3/c1-5(12)9(17)15-8-4-6(2-3-7(8)13)10(18)16-11(14)19/h2-5H,1H3,(H,15,17)(H3,14,16,18,19)/t5-/m1/s1. The second-order valence-corrected chi connectivity index (χ2v) is 4.99. The Balaban J connectivity index is 2.97. The summed E-state index contributed by atoms with van der Waals surface area (Å²) >= 11 is 3.03. The second-order valence-electron chi connectivity index (χ2n) is 3.62. The largest absolute Gasteiger partial charge is 0.351 e. The highest BCUT2D eigenvalue weighted by Gasteiger charge is 2.15. The number of halogens is 2. The highest BCUT2D eigenvalue weighted by atomic mass is 79.9. The lowest BCUT2D eigenvalue weighted by atomic mass is 10.1. The summed E-state index contributed by atoms with van der Waals surface area (Å²) in [6.45, 7) is 1.57. The molecule has 0 fully saturated rings. The summed E-state index contributed by atoms with van der Waals surface area (Å²) in [5.74, 6) is -1.95. The van der Waals surface area contributed by atoms with Gasteiger partial charge in [0.05, 0.1) is 10.5 Å². The zero-order chi connectivity index (χ0) is 14.6. The van der Waals surface area contributed by atoms with E-state index >= 15 is 0 Å². The van der Waals surface area contributed by atoms with E-state index in [1.807, 2.05) is 5.32 Å². The number of anilines is 1. The number of benzene rings is 1. The first kappa shape index (κ1) is 15.1. The van der Waals surface area contributed by atoms with E-state index in [2.05, 4.69) is 21.2 Å². The van der Waals surface area contributed by atoms with Gasteiger partial charge in [-0.25, -0.2) is 9.18 Å². The van der Waals surface area contributed by atoms with Crippen LogP contribution < -0.4 is 16.4 Å². The summed E-state index contributed by atoms with van der Waals surface area (Å²) in [5, 5.41) is 4.14. The zero-order valence-corrected chi connectivity index (χ0v) is 11.5. The number of carbonyl (C=O) groups excluding carboxylic acids is 3. The molecule has 0 spiro atoms. The van der Waals surface area contributed by atoms with Crippen LogP contribution in [0.1, 0.15) is 17.3 Å². The van der Waals surface area contributed by atoms with Gasteiger partial charge in [0.15, 0.2) is 0 Å². The van der Waals surface area contributed by atoms with Gasteiger partial charge < -0.3 is 11.1 Å². The smallest absolute Gasteiger partial charge is 0.319 e. The van der Waals surface area contributed by atoms with Crippen molar-refractivity contribution in [3.05, 3.63) is 29.6 Å². The van der Waals surface area contributed by atoms with Crippen LogP contribution in [0.2, 0.25) is 0 Å². The van der Waals surface area contributed by atoms with Crippen molar-refractivity contribution in [2.24, 2.45) is 5.73 Å². The number of alkyl halides is 1. The van der Waals surface area contributed by atoms with Crippen LogP contribution in [-0.2, 0) is 4.79 Å². The van der Waals surface area contributed by atoms with Gasteiger partial charge in [-0.15, -0.1) is 0 Å². The molecule has 1 aromatic carbocycles. The van der Waals surface area contributed by atoms with Crippen molar-refractivity contribution in [1.29, 1.82) is 0 Å². The highest BCUT2D eigenvalue weighted by Crippen LogP contribution is 2.17. The van der Waals surface area contributed by atoms with Gasteiger partial charge in [-0.3, -0.25) is 14.9 Å². The maximum Gasteiger partial charge on any atom is 0.319 e. The Morgan fingerprint density at radius 1 is 1.37 bits per heavy atom. The minimum atomic E-state index is -1.02. The van der Waals surface area contributed by atoms with Gasteiger partial charge in [0, 0.05) is 5.56 Å². The maximum atomic E-state index is 13.5. The van der Waals surface area contributed by atoms with E-state index in [-0.39, 0.29) is 11.3 Å². The number of carbonyl (C=O) groups is 3. The topological polar surface area (TPSA) is 101 Å². The summed E-state index contributed by atoms with van der Waals surface area (Å²) in [5.41, 5.74) is 4.64. The van der Waals surface area contributed by atoms with E-state index in [0.717, 1.165) is 12.1 Å². The number of nitrogens with one attached hydrogen (secondary N) is 2. The molecule has 102 valence electrons. The van der Waals surface area contributed by atoms with Crippen LogP contribution in [0.15, 0.2) is 18.2 Å². The lowest BCUT2D eigenvalue weighted by Gasteiger charge is -2.09. The molecule has 1 atom stereocenters. The first-order valence-corrected chi connectivity index (χ1v) is 6.08. The molecule has 0 bridgehead atoms. The SMILES string of the molecule is C[C@@H](Br)C(=O)Nc1cc(C(=O)NC(N)=O)ccc1F. The molecule has 0 radical (unpaired) electrons. The normalized spacial score (nSPS) is 11.5. The van der Waals surface area contributed by atoms with Crippen molar-refractivity contribution < 1.29 is 18.8 Å². The van der Waals surface area contributed by atoms with Crippen LogP contribution in [0, 0.1) is 5.82 Å². The van der Waals surface area contributed by atoms with E-state index in [1.165, 1.54) is 6.07 Å². The predicted octanol–water partition coefficient (Wildman–Crippen LogP) is 1.36. The Bertz CT molecular complexity index is 534. The van der Waals surface area contributed by atoms with E-state index in [9.17, 15) is 18.8 Å². The van der Waals surface area contributed by atoms with Gasteiger partial charge in [0.1, 0.15) is 5.82 Å². The lowest BCUT2D eigenvalue weighted by molar-refractivity contribution is -0.115. The van der Waals surface area contributed by atoms with Gasteiger partial charge >= 0.3 is 6.03 Å². The van der Waals surface area contributed by atoms with Crippen LogP contribution in [0.5, 0.6) is 0 Å². The van der Waals surface area contributed by atoms with E-state index in [4.69, 9.17) is 5.73 Å². The predicted molar refractivity (Wildman–Crippen MR) is 70.5 cm³/mol. The fraction of sp³-hybridized carbons (Fsp3) is 0.182. The number of hydrogen-bond donors (Lipinski definition) is 3. The Kier molecular flexibility index (Phi) is 4.99. The average molecular weight is 332 g/mol. The van der Waals surface area contributed by atoms with Crippen molar-refractivity contribution in [2.45, 2.75) is 11.8 Å². The van der Waals surface area contributed by atoms with Crippen LogP contribution >= 0.6 is 15.9 Å². The average Bonchev–Trinajstić information content (AvgIpc) is 2.30. The minimum Gasteiger partial charge on any atom is -0.351 e. The number of hydrogen-bond acceptors (Lipinski definition) is 3. The van der Waals surface area contributed by atoms with Gasteiger partial charge in [0.2, 0.25) is 5.91 Å². The van der Waals surface area contributed by atoms with Gasteiger partial charge in [-0.05, 0) is 25.1 Å². The Morgan fingerprint density at radius 3 is 2.53 bits per heavy atom. The van der Waals surface area contributed by atoms with Crippen LogP contribution in [0.4, 0.5) is 14.9 Å². The van der Waals surface area contributed by atoms with Gasteiger partial charge in [-0.1, -0.05) is 15.9 Å². The van der Waals surface area contributed by atoms with Crippen LogP contribution in [-0.4, -0.2) is 22.7 Å². The maximum absolute atomic E-state index is 13.5. The number of primary amides is 1. The molecule has 8 heteroatoms. The van der Waals surface area contributed by atoms with Crippen molar-refractivity contribution in [1.82, 2.24) is 5.32 Å². The monoisotopic (exact) mass is 331 g/mol. The summed E-state index contributed by atoms with van der Waals surface area (Å²) in [6, 6.07) is 2.26. The summed E-state index contributed by atoms with van der Waals surface area (Å²) in [4.78, 5) is 32.9. The summed E-state index contributed by atoms with van der Waals surface area (Å²) < 4.78 is 13.5. The number of rotatable bonds is 3. The molecule has 0 aromatic heterocycles. The number of amides is 4. The molecule has 4 amide bonds. The zero-order valence-electron chi connectivity index (χ0n) is 9.87. The van der Waals surface area contributed by atoms with Crippen molar-refractivity contribution in [3.8, 4) is 0 Å². The summed E-state index contributed by atoms with van der Waals surface area (Å²) in [7, 11) is 0. The molecule has 1 rings (SSSR count). The van der Waals surface area contributed by atoms with E-state index in [1.54, 1.807) is 6.92 Å². The van der Waals surface area contributed by atoms with Crippen molar-refractivity contribution in [3.63, 3.8) is 0 Å². The molecule has 0 aliphatic rings. The molecule has 19 heavy (non-hydrogen) atoms. The highest BCUT2D eigenvalue weighted by molar-refractivity contribution is 9.10. The molecule has 6 nitrogen and oxygen atoms in total. The third-order valence-electron chi connectivity index (χ3n) is 2.08. The number of imide groups is 1. The Morgan fingerprint density at radius 2 is 2.00 bits per heavy atom. The van der Waals surface area contributed by atoms with E-state index < -0.39 is 28.5 Å². The Labute approximate surface area is 116 Å². The third kappa shape index (κ3) is 4.32. The molecule has 0 saturated carbocycles. The van der Waals surface area contributed by atoms with Gasteiger partial charge in [-0.2, -0.15) is 0 Å². The van der Waals surface area contributed by atoms with E-state index in [0.29, 0.717) is 0 Å². The quantitative estimate of drug-likeness (QED) is 0.728. The minimum absolute atomic E-state index is 0.00211. The first-order chi connectivity index (χ1) is 8.81. The Hall–Kier alpha value is -1.96. The molecule has 0 unspecified atom stereocenters. The van der Waals surface area contributed by atoms with Crippen molar-refractivity contribution >= 4 is 39.5 Å². The van der Waals surface area contributed by atoms with Crippen molar-refractivity contribution in [2.75, 3.05) is 5.32 Å². The molecule has 1 aromatic rings. The summed E-state index contributed by atoms with van der Waals surface area (Å²) in [6.07, 6.45) is 0. The fourth-order valence-corrected chi connectivity index (χ4v) is 1.29. The van der Waals surface area contributed by atoms with Crippen LogP contribution in [0.3, 0.4) is 0 Å². The van der Waals surface area contributed by atoms with Crippen LogP contribution in [0.25, 0.3) is 0 Å². The molecule has 0 aliphatic carbocycles. The first-order valence-electron chi connectivity index (χ1n) is 5.16. The third-order valence-corrected chi connectivity index (χ3v) is 2.50. The molecule has 0 heterocycles. The molecular formula is C11H11BrFN3O3. The molecular weight excluding hydrogens is 321 g/mol. The van der Waals surface area contributed by atoms with Gasteiger partial charge in [0.25, 0.3) is 5.91 Å². The number of urea groups is 1.